The van der Waals surface area contributed by atoms with Gasteiger partial charge >= 0.3 is 0 Å². The Balaban J connectivity index is 1.86. The number of para-hydroxylation sites is 1. The minimum atomic E-state index is 0.479. The summed E-state index contributed by atoms with van der Waals surface area (Å²) in [4.78, 5) is 6.66. The van der Waals surface area contributed by atoms with Gasteiger partial charge in [-0.2, -0.15) is 0 Å². The van der Waals surface area contributed by atoms with Crippen molar-refractivity contribution in [1.29, 1.82) is 0 Å². The molecule has 1 heterocycles. The van der Waals surface area contributed by atoms with Gasteiger partial charge in [0, 0.05) is 13.1 Å². The molecule has 0 saturated carbocycles. The molecule has 1 aromatic heterocycles. The van der Waals surface area contributed by atoms with E-state index in [0.717, 1.165) is 30.4 Å². The van der Waals surface area contributed by atoms with E-state index in [1.165, 1.54) is 0 Å². The number of nitrogens with zero attached hydrogens (tertiary/aromatic N) is 2. The van der Waals surface area contributed by atoms with Crippen molar-refractivity contribution in [2.24, 2.45) is 0 Å². The van der Waals surface area contributed by atoms with Gasteiger partial charge in [-0.3, -0.25) is 0 Å². The maximum Gasteiger partial charge on any atom is 0.130 e. The first-order valence-corrected chi connectivity index (χ1v) is 6.76. The molecule has 1 N–H and O–H groups in total. The molecular formula is C16H21N3O. The second-order valence-electron chi connectivity index (χ2n) is 4.85. The number of ether oxygens (including phenoxy) is 1. The SMILES string of the molecule is CN(C)CCNc1cccc(COc2ccccc2)n1. The minimum Gasteiger partial charge on any atom is -0.487 e. The van der Waals surface area contributed by atoms with Crippen LogP contribution in [0.2, 0.25) is 0 Å². The Morgan fingerprint density at radius 2 is 1.85 bits per heavy atom. The van der Waals surface area contributed by atoms with Crippen LogP contribution in [0, 0.1) is 0 Å². The Hall–Kier alpha value is -2.07. The van der Waals surface area contributed by atoms with Crippen molar-refractivity contribution in [2.45, 2.75) is 6.61 Å². The summed E-state index contributed by atoms with van der Waals surface area (Å²) >= 11 is 0. The maximum absolute atomic E-state index is 5.69. The molecule has 0 unspecified atom stereocenters. The minimum absolute atomic E-state index is 0.479. The molecule has 2 rings (SSSR count). The van der Waals surface area contributed by atoms with Gasteiger partial charge in [-0.1, -0.05) is 24.3 Å². The molecule has 0 atom stereocenters. The summed E-state index contributed by atoms with van der Waals surface area (Å²) in [6.07, 6.45) is 0. The number of hydrogen-bond donors (Lipinski definition) is 1. The zero-order valence-corrected chi connectivity index (χ0v) is 12.0. The van der Waals surface area contributed by atoms with E-state index in [-0.39, 0.29) is 0 Å². The van der Waals surface area contributed by atoms with E-state index in [0.29, 0.717) is 6.61 Å². The lowest BCUT2D eigenvalue weighted by Gasteiger charge is -2.11. The zero-order chi connectivity index (χ0) is 14.2. The van der Waals surface area contributed by atoms with Gasteiger partial charge in [-0.25, -0.2) is 4.98 Å². The molecule has 0 aliphatic rings. The highest BCUT2D eigenvalue weighted by molar-refractivity contribution is 5.35. The van der Waals surface area contributed by atoms with Crippen molar-refractivity contribution in [1.82, 2.24) is 9.88 Å². The molecule has 4 heteroatoms. The lowest BCUT2D eigenvalue weighted by molar-refractivity contribution is 0.301. The Labute approximate surface area is 120 Å². The Morgan fingerprint density at radius 3 is 2.60 bits per heavy atom. The van der Waals surface area contributed by atoms with E-state index in [2.05, 4.69) is 29.3 Å². The van der Waals surface area contributed by atoms with Crippen molar-refractivity contribution in [3.8, 4) is 5.75 Å². The number of rotatable bonds is 7. The predicted octanol–water partition coefficient (Wildman–Crippen LogP) is 2.63. The molecule has 0 radical (unpaired) electrons. The average Bonchev–Trinajstić information content (AvgIpc) is 2.46. The van der Waals surface area contributed by atoms with Gasteiger partial charge in [0.15, 0.2) is 0 Å². The fourth-order valence-electron chi connectivity index (χ4n) is 1.74. The maximum atomic E-state index is 5.69. The van der Waals surface area contributed by atoms with Gasteiger partial charge in [-0.15, -0.1) is 0 Å². The molecule has 20 heavy (non-hydrogen) atoms. The van der Waals surface area contributed by atoms with Gasteiger partial charge in [0.25, 0.3) is 0 Å². The number of likely N-dealkylation sites (N-methyl/N-ethyl adjacent to an activating group) is 1. The van der Waals surface area contributed by atoms with Gasteiger partial charge < -0.3 is 15.0 Å². The normalized spacial score (nSPS) is 10.6. The van der Waals surface area contributed by atoms with Gasteiger partial charge in [0.1, 0.15) is 18.2 Å². The first kappa shape index (κ1) is 14.3. The van der Waals surface area contributed by atoms with Crippen LogP contribution in [0.1, 0.15) is 5.69 Å². The molecule has 0 saturated heterocycles. The molecule has 0 fully saturated rings. The monoisotopic (exact) mass is 271 g/mol. The van der Waals surface area contributed by atoms with Crippen molar-refractivity contribution in [3.63, 3.8) is 0 Å². The first-order valence-electron chi connectivity index (χ1n) is 6.76. The summed E-state index contributed by atoms with van der Waals surface area (Å²) in [5.74, 6) is 1.75. The highest BCUT2D eigenvalue weighted by Crippen LogP contribution is 2.11. The Bertz CT molecular complexity index is 514. The second kappa shape index (κ2) is 7.50. The fourth-order valence-corrected chi connectivity index (χ4v) is 1.74. The van der Waals surface area contributed by atoms with Crippen LogP contribution in [-0.2, 0) is 6.61 Å². The molecule has 4 nitrogen and oxygen atoms in total. The topological polar surface area (TPSA) is 37.4 Å². The Kier molecular flexibility index (Phi) is 5.38. The quantitative estimate of drug-likeness (QED) is 0.840. The predicted molar refractivity (Wildman–Crippen MR) is 82.1 cm³/mol. The molecule has 0 aliphatic heterocycles. The number of aromatic nitrogens is 1. The molecule has 1 aromatic carbocycles. The molecule has 106 valence electrons. The van der Waals surface area contributed by atoms with Crippen LogP contribution in [0.15, 0.2) is 48.5 Å². The summed E-state index contributed by atoms with van der Waals surface area (Å²) in [6, 6.07) is 15.7. The molecule has 0 spiro atoms. The van der Waals surface area contributed by atoms with Crippen LogP contribution in [0.25, 0.3) is 0 Å². The van der Waals surface area contributed by atoms with Crippen molar-refractivity contribution in [2.75, 3.05) is 32.5 Å². The molecular weight excluding hydrogens is 250 g/mol. The van der Waals surface area contributed by atoms with Gasteiger partial charge in [0.05, 0.1) is 5.69 Å². The summed E-state index contributed by atoms with van der Waals surface area (Å²) in [5, 5.41) is 3.31. The van der Waals surface area contributed by atoms with Gasteiger partial charge in [0.2, 0.25) is 0 Å². The van der Waals surface area contributed by atoms with Crippen molar-refractivity contribution < 1.29 is 4.74 Å². The third-order valence-electron chi connectivity index (χ3n) is 2.80. The van der Waals surface area contributed by atoms with Crippen molar-refractivity contribution in [3.05, 3.63) is 54.2 Å². The van der Waals surface area contributed by atoms with Crippen LogP contribution >= 0.6 is 0 Å². The standard InChI is InChI=1S/C16H21N3O/c1-19(2)12-11-17-16-10-6-7-14(18-16)13-20-15-8-4-3-5-9-15/h3-10H,11-13H2,1-2H3,(H,17,18). The molecule has 2 aromatic rings. The highest BCUT2D eigenvalue weighted by atomic mass is 16.5. The van der Waals surface area contributed by atoms with Crippen molar-refractivity contribution >= 4 is 5.82 Å². The number of hydrogen-bond acceptors (Lipinski definition) is 4. The van der Waals surface area contributed by atoms with Crippen LogP contribution in [0.5, 0.6) is 5.75 Å². The fraction of sp³-hybridized carbons (Fsp3) is 0.312. The number of benzene rings is 1. The van der Waals surface area contributed by atoms with Crippen LogP contribution < -0.4 is 10.1 Å². The van der Waals surface area contributed by atoms with E-state index in [1.807, 2.05) is 48.5 Å². The van der Waals surface area contributed by atoms with Crippen LogP contribution in [0.3, 0.4) is 0 Å². The van der Waals surface area contributed by atoms with E-state index < -0.39 is 0 Å². The van der Waals surface area contributed by atoms with Crippen LogP contribution in [0.4, 0.5) is 5.82 Å². The third-order valence-corrected chi connectivity index (χ3v) is 2.80. The first-order chi connectivity index (χ1) is 9.74. The largest absolute Gasteiger partial charge is 0.487 e. The lowest BCUT2D eigenvalue weighted by atomic mass is 10.3. The number of pyridine rings is 1. The molecule has 0 aliphatic carbocycles. The summed E-state index contributed by atoms with van der Waals surface area (Å²) in [6.45, 7) is 2.34. The van der Waals surface area contributed by atoms with Gasteiger partial charge in [-0.05, 0) is 38.4 Å². The summed E-state index contributed by atoms with van der Waals surface area (Å²) in [5.41, 5.74) is 0.920. The lowest BCUT2D eigenvalue weighted by Crippen LogP contribution is -2.21. The van der Waals surface area contributed by atoms with E-state index in [9.17, 15) is 0 Å². The third kappa shape index (κ3) is 4.90. The zero-order valence-electron chi connectivity index (χ0n) is 12.0. The number of nitrogens with one attached hydrogen (secondary N) is 1. The molecule has 0 bridgehead atoms. The number of anilines is 1. The smallest absolute Gasteiger partial charge is 0.130 e. The summed E-state index contributed by atoms with van der Waals surface area (Å²) in [7, 11) is 4.11. The summed E-state index contributed by atoms with van der Waals surface area (Å²) < 4.78 is 5.69. The average molecular weight is 271 g/mol. The van der Waals surface area contributed by atoms with Crippen LogP contribution in [-0.4, -0.2) is 37.1 Å². The second-order valence-corrected chi connectivity index (χ2v) is 4.85. The highest BCUT2D eigenvalue weighted by Gasteiger charge is 1.99. The van der Waals surface area contributed by atoms with E-state index in [4.69, 9.17) is 4.74 Å². The molecule has 0 amide bonds. The van der Waals surface area contributed by atoms with E-state index in [1.54, 1.807) is 0 Å². The van der Waals surface area contributed by atoms with E-state index >= 15 is 0 Å². The Morgan fingerprint density at radius 1 is 1.05 bits per heavy atom.